The average molecular weight is 365 g/mol. The normalized spacial score (nSPS) is 10.3. The topological polar surface area (TPSA) is 98.1 Å². The first kappa shape index (κ1) is 18.1. The molecule has 8 heteroatoms. The van der Waals surface area contributed by atoms with Gasteiger partial charge in [-0.05, 0) is 48.9 Å². The first-order valence-corrected chi connectivity index (χ1v) is 8.42. The number of nitrogens with zero attached hydrogens (tertiary/aromatic N) is 3. The fourth-order valence-corrected chi connectivity index (χ4v) is 2.34. The third kappa shape index (κ3) is 4.91. The maximum atomic E-state index is 12.0. The maximum absolute atomic E-state index is 12.0. The van der Waals surface area contributed by atoms with Crippen LogP contribution in [-0.2, 0) is 11.3 Å². The van der Waals surface area contributed by atoms with E-state index in [0.717, 1.165) is 11.3 Å². The Morgan fingerprint density at radius 2 is 1.96 bits per heavy atom. The summed E-state index contributed by atoms with van der Waals surface area (Å²) in [7, 11) is 0. The molecule has 8 nitrogen and oxygen atoms in total. The third-order valence-electron chi connectivity index (χ3n) is 3.64. The highest BCUT2D eigenvalue weighted by Gasteiger charge is 2.11. The zero-order valence-corrected chi connectivity index (χ0v) is 14.8. The Labute approximate surface area is 156 Å². The molecule has 2 aromatic heterocycles. The summed E-state index contributed by atoms with van der Waals surface area (Å²) in [6, 6.07) is 12.1. The number of amides is 2. The molecule has 2 heterocycles. The molecule has 0 spiro atoms. The van der Waals surface area contributed by atoms with Crippen molar-refractivity contribution < 1.29 is 14.3 Å². The Balaban J connectivity index is 1.57. The van der Waals surface area contributed by atoms with Crippen LogP contribution >= 0.6 is 0 Å². The zero-order valence-electron chi connectivity index (χ0n) is 14.8. The second-order valence-electron chi connectivity index (χ2n) is 5.58. The monoisotopic (exact) mass is 365 g/mol. The minimum Gasteiger partial charge on any atom is -0.461 e. The Hall–Kier alpha value is -3.68. The molecule has 3 aromatic rings. The predicted molar refractivity (Wildman–Crippen MR) is 99.6 cm³/mol. The van der Waals surface area contributed by atoms with Gasteiger partial charge in [0, 0.05) is 30.8 Å². The van der Waals surface area contributed by atoms with Crippen molar-refractivity contribution in [2.24, 2.45) is 0 Å². The van der Waals surface area contributed by atoms with Crippen molar-refractivity contribution in [1.82, 2.24) is 20.1 Å². The van der Waals surface area contributed by atoms with Gasteiger partial charge in [-0.3, -0.25) is 4.98 Å². The Bertz CT molecular complexity index is 907. The van der Waals surface area contributed by atoms with Crippen molar-refractivity contribution in [3.63, 3.8) is 0 Å². The van der Waals surface area contributed by atoms with E-state index < -0.39 is 5.97 Å². The van der Waals surface area contributed by atoms with Crippen LogP contribution in [0.3, 0.4) is 0 Å². The molecule has 0 atom stereocenters. The number of hydrogen-bond acceptors (Lipinski definition) is 5. The van der Waals surface area contributed by atoms with Gasteiger partial charge in [-0.15, -0.1) is 0 Å². The third-order valence-corrected chi connectivity index (χ3v) is 3.64. The van der Waals surface area contributed by atoms with Crippen molar-refractivity contribution in [3.8, 4) is 5.69 Å². The van der Waals surface area contributed by atoms with E-state index in [1.807, 2.05) is 12.1 Å². The highest BCUT2D eigenvalue weighted by atomic mass is 16.5. The van der Waals surface area contributed by atoms with Gasteiger partial charge in [0.05, 0.1) is 12.3 Å². The number of urea groups is 1. The molecule has 2 amide bonds. The van der Waals surface area contributed by atoms with Crippen molar-refractivity contribution in [2.45, 2.75) is 13.5 Å². The molecule has 3 rings (SSSR count). The van der Waals surface area contributed by atoms with Crippen LogP contribution in [0, 0.1) is 0 Å². The summed E-state index contributed by atoms with van der Waals surface area (Å²) in [5.74, 6) is -0.458. The van der Waals surface area contributed by atoms with Crippen LogP contribution in [-0.4, -0.2) is 33.4 Å². The molecule has 0 bridgehead atoms. The number of aromatic nitrogens is 3. The van der Waals surface area contributed by atoms with E-state index in [-0.39, 0.29) is 11.7 Å². The standard InChI is InChI=1S/C19H19N5O3/c1-2-27-18(25)17-9-11-24(23-17)16-7-5-15(6-8-16)22-19(26)21-13-14-4-3-10-20-12-14/h3-12H,2,13H2,1H3,(H2,21,22,26). The Morgan fingerprint density at radius 1 is 1.15 bits per heavy atom. The fourth-order valence-electron chi connectivity index (χ4n) is 2.34. The predicted octanol–water partition coefficient (Wildman–Crippen LogP) is 2.77. The number of rotatable bonds is 6. The minimum absolute atomic E-state index is 0.244. The van der Waals surface area contributed by atoms with Crippen LogP contribution in [0.4, 0.5) is 10.5 Å². The lowest BCUT2D eigenvalue weighted by atomic mass is 10.3. The summed E-state index contributed by atoms with van der Waals surface area (Å²) >= 11 is 0. The van der Waals surface area contributed by atoms with Gasteiger partial charge in [-0.1, -0.05) is 6.07 Å². The summed E-state index contributed by atoms with van der Waals surface area (Å²) in [6.07, 6.45) is 5.05. The highest BCUT2D eigenvalue weighted by molar-refractivity contribution is 5.89. The number of anilines is 1. The van der Waals surface area contributed by atoms with Gasteiger partial charge in [-0.25, -0.2) is 14.3 Å². The first-order chi connectivity index (χ1) is 13.2. The van der Waals surface area contributed by atoms with Crippen LogP contribution in [0.5, 0.6) is 0 Å². The second-order valence-corrected chi connectivity index (χ2v) is 5.58. The zero-order chi connectivity index (χ0) is 19.1. The quantitative estimate of drug-likeness (QED) is 0.655. The molecule has 0 saturated carbocycles. The van der Waals surface area contributed by atoms with E-state index in [4.69, 9.17) is 4.74 Å². The van der Waals surface area contributed by atoms with Gasteiger partial charge < -0.3 is 15.4 Å². The van der Waals surface area contributed by atoms with Gasteiger partial charge in [0.15, 0.2) is 5.69 Å². The largest absolute Gasteiger partial charge is 0.461 e. The second kappa shape index (κ2) is 8.61. The summed E-state index contributed by atoms with van der Waals surface area (Å²) in [5.41, 5.74) is 2.56. The molecule has 0 aliphatic heterocycles. The lowest BCUT2D eigenvalue weighted by Crippen LogP contribution is -2.28. The number of esters is 1. The van der Waals surface area contributed by atoms with Crippen LogP contribution in [0.1, 0.15) is 23.0 Å². The van der Waals surface area contributed by atoms with E-state index in [0.29, 0.717) is 18.8 Å². The molecule has 0 fully saturated rings. The summed E-state index contributed by atoms with van der Waals surface area (Å²) in [4.78, 5) is 27.6. The molecule has 0 radical (unpaired) electrons. The van der Waals surface area contributed by atoms with Crippen molar-refractivity contribution in [3.05, 3.63) is 72.3 Å². The molecule has 0 aliphatic rings. The minimum atomic E-state index is -0.458. The smallest absolute Gasteiger partial charge is 0.358 e. The SMILES string of the molecule is CCOC(=O)c1ccn(-c2ccc(NC(=O)NCc3cccnc3)cc2)n1. The van der Waals surface area contributed by atoms with E-state index in [1.54, 1.807) is 60.5 Å². The molecule has 1 aromatic carbocycles. The van der Waals surface area contributed by atoms with Crippen LogP contribution in [0.25, 0.3) is 5.69 Å². The lowest BCUT2D eigenvalue weighted by molar-refractivity contribution is 0.0519. The number of pyridine rings is 1. The van der Waals surface area contributed by atoms with E-state index in [9.17, 15) is 9.59 Å². The van der Waals surface area contributed by atoms with Gasteiger partial charge in [0.25, 0.3) is 0 Å². The van der Waals surface area contributed by atoms with E-state index in [1.165, 1.54) is 0 Å². The number of benzene rings is 1. The van der Waals surface area contributed by atoms with Crippen molar-refractivity contribution in [1.29, 1.82) is 0 Å². The molecule has 0 unspecified atom stereocenters. The Kier molecular flexibility index (Phi) is 5.78. The number of nitrogens with one attached hydrogen (secondary N) is 2. The molecular formula is C19H19N5O3. The molecular weight excluding hydrogens is 346 g/mol. The van der Waals surface area contributed by atoms with E-state index in [2.05, 4.69) is 20.7 Å². The molecule has 2 N–H and O–H groups in total. The summed E-state index contributed by atoms with van der Waals surface area (Å²) < 4.78 is 6.49. The Morgan fingerprint density at radius 3 is 2.67 bits per heavy atom. The average Bonchev–Trinajstić information content (AvgIpc) is 3.18. The first-order valence-electron chi connectivity index (χ1n) is 8.42. The fraction of sp³-hybridized carbons (Fsp3) is 0.158. The maximum Gasteiger partial charge on any atom is 0.358 e. The van der Waals surface area contributed by atoms with Crippen LogP contribution < -0.4 is 10.6 Å². The summed E-state index contributed by atoms with van der Waals surface area (Å²) in [5, 5.41) is 9.71. The number of hydrogen-bond donors (Lipinski definition) is 2. The van der Waals surface area contributed by atoms with Crippen molar-refractivity contribution >= 4 is 17.7 Å². The van der Waals surface area contributed by atoms with Crippen LogP contribution in [0.15, 0.2) is 61.1 Å². The number of carbonyl (C=O) groups is 2. The van der Waals surface area contributed by atoms with Gasteiger partial charge in [0.2, 0.25) is 0 Å². The van der Waals surface area contributed by atoms with Gasteiger partial charge in [0.1, 0.15) is 0 Å². The lowest BCUT2D eigenvalue weighted by Gasteiger charge is -2.08. The molecule has 138 valence electrons. The molecule has 0 saturated heterocycles. The summed E-state index contributed by atoms with van der Waals surface area (Å²) in [6.45, 7) is 2.43. The highest BCUT2D eigenvalue weighted by Crippen LogP contribution is 2.13. The molecule has 27 heavy (non-hydrogen) atoms. The van der Waals surface area contributed by atoms with Gasteiger partial charge >= 0.3 is 12.0 Å². The number of carbonyl (C=O) groups excluding carboxylic acids is 2. The van der Waals surface area contributed by atoms with Gasteiger partial charge in [-0.2, -0.15) is 5.10 Å². The molecule has 0 aliphatic carbocycles. The van der Waals surface area contributed by atoms with Crippen molar-refractivity contribution in [2.75, 3.05) is 11.9 Å². The van der Waals surface area contributed by atoms with Crippen LogP contribution in [0.2, 0.25) is 0 Å². The van der Waals surface area contributed by atoms with E-state index >= 15 is 0 Å². The number of ether oxygens (including phenoxy) is 1.